The highest BCUT2D eigenvalue weighted by Gasteiger charge is 2.18. The summed E-state index contributed by atoms with van der Waals surface area (Å²) in [7, 11) is 0. The number of hydrogen-bond acceptors (Lipinski definition) is 6. The molecule has 0 spiro atoms. The largest absolute Gasteiger partial charge is 0.436 e. The van der Waals surface area contributed by atoms with Crippen molar-refractivity contribution >= 4 is 142 Å². The van der Waals surface area contributed by atoms with Crippen LogP contribution in [0.4, 0.5) is 0 Å². The summed E-state index contributed by atoms with van der Waals surface area (Å²) in [5.41, 5.74) is 9.24. The lowest BCUT2D eigenvalue weighted by Gasteiger charge is -2.10. The van der Waals surface area contributed by atoms with Crippen molar-refractivity contribution in [3.8, 4) is 0 Å². The molecule has 8 nitrogen and oxygen atoms in total. The van der Waals surface area contributed by atoms with E-state index in [0.717, 1.165) is 109 Å². The van der Waals surface area contributed by atoms with Gasteiger partial charge in [0, 0.05) is 26.9 Å². The molecule has 0 saturated carbocycles. The molecular weight excluding hydrogens is 789 g/mol. The molecule has 0 N–H and O–H groups in total. The molecule has 0 atom stereocenters. The fraction of sp³-hybridized carbons (Fsp3) is 0. The van der Waals surface area contributed by atoms with Crippen molar-refractivity contribution in [1.29, 1.82) is 0 Å². The SMILES string of the molecule is c1ccc2c(c1)c1ccc2n2cnc3ccc4oc(nc4c32)c2cccc3cccc(c4nc5c(ccc6ncn(c7ccc(c8ccccc87)c7cccc8cccc1c87)c65)o4)c32. The molecule has 7 aromatic heterocycles. The average Bonchev–Trinajstić information content (AvgIpc) is 4.17. The van der Waals surface area contributed by atoms with Crippen LogP contribution >= 0.6 is 0 Å². The zero-order valence-electron chi connectivity index (χ0n) is 33.8. The van der Waals surface area contributed by atoms with Gasteiger partial charge in [-0.15, -0.1) is 0 Å². The Morgan fingerprint density at radius 2 is 0.719 bits per heavy atom. The van der Waals surface area contributed by atoms with Crippen molar-refractivity contribution in [2.75, 3.05) is 0 Å². The van der Waals surface area contributed by atoms with Crippen LogP contribution in [0.3, 0.4) is 0 Å². The summed E-state index contributed by atoms with van der Waals surface area (Å²) < 4.78 is 17.8. The molecule has 0 fully saturated rings. The third-order valence-electron chi connectivity index (χ3n) is 13.3. The van der Waals surface area contributed by atoms with Gasteiger partial charge in [-0.2, -0.15) is 0 Å². The third kappa shape index (κ3) is 4.50. The maximum atomic E-state index is 6.72. The molecule has 296 valence electrons. The maximum Gasteiger partial charge on any atom is 0.228 e. The third-order valence-corrected chi connectivity index (χ3v) is 13.3. The summed E-state index contributed by atoms with van der Waals surface area (Å²) in [6, 6.07) is 60.0. The zero-order chi connectivity index (χ0) is 41.6. The van der Waals surface area contributed by atoms with Gasteiger partial charge >= 0.3 is 0 Å². The van der Waals surface area contributed by atoms with Gasteiger partial charge in [0.1, 0.15) is 34.7 Å². The van der Waals surface area contributed by atoms with E-state index in [9.17, 15) is 0 Å². The molecule has 17 aromatic rings. The lowest BCUT2D eigenvalue weighted by atomic mass is 9.94. The van der Waals surface area contributed by atoms with Gasteiger partial charge < -0.3 is 8.83 Å². The van der Waals surface area contributed by atoms with Crippen LogP contribution in [0, 0.1) is 0 Å². The van der Waals surface area contributed by atoms with Crippen molar-refractivity contribution < 1.29 is 8.83 Å². The first-order valence-electron chi connectivity index (χ1n) is 21.4. The van der Waals surface area contributed by atoms with Crippen molar-refractivity contribution in [3.05, 3.63) is 183 Å². The number of rotatable bonds is 0. The van der Waals surface area contributed by atoms with Crippen LogP contribution in [0.25, 0.3) is 142 Å². The standard InChI is InChI=1S/C56H30N6O2/c1-3-15-37-33(13-1)35-21-25-45(37)61-29-57-43-23-27-47-51(53(43)61)59-55(63-47)41-19-7-11-32-12-8-20-42(50(32)41)56-60-52-48(64-56)28-24-44-54(52)62(30-58-44)46-26-22-36(34-14-2-4-16-38(34)46)40-18-6-10-31-9-5-17-39(35)49(31)40/h1-30H. The van der Waals surface area contributed by atoms with E-state index in [0.29, 0.717) is 22.6 Å². The summed E-state index contributed by atoms with van der Waals surface area (Å²) in [6.45, 7) is 0. The summed E-state index contributed by atoms with van der Waals surface area (Å²) in [4.78, 5) is 20.4. The predicted octanol–water partition coefficient (Wildman–Crippen LogP) is 14.5. The molecule has 0 aliphatic carbocycles. The number of aromatic nitrogens is 6. The van der Waals surface area contributed by atoms with Gasteiger partial charge in [0.25, 0.3) is 0 Å². The Bertz CT molecular complexity index is 4400. The molecule has 0 saturated heterocycles. The minimum atomic E-state index is 0.502. The topological polar surface area (TPSA) is 86.7 Å². The first kappa shape index (κ1) is 33.8. The number of oxazole rings is 2. The quantitative estimate of drug-likeness (QED) is 0.151. The zero-order valence-corrected chi connectivity index (χ0v) is 33.8. The van der Waals surface area contributed by atoms with E-state index in [1.165, 1.54) is 10.8 Å². The number of benzene rings is 10. The molecule has 10 aromatic carbocycles. The van der Waals surface area contributed by atoms with E-state index in [-0.39, 0.29) is 0 Å². The molecule has 0 unspecified atom stereocenters. The van der Waals surface area contributed by atoms with Crippen LogP contribution in [0.5, 0.6) is 0 Å². The highest BCUT2D eigenvalue weighted by Crippen LogP contribution is 2.39. The molecule has 0 amide bonds. The van der Waals surface area contributed by atoms with Gasteiger partial charge in [-0.05, 0) is 97.0 Å². The van der Waals surface area contributed by atoms with Gasteiger partial charge in [0.2, 0.25) is 11.4 Å². The lowest BCUT2D eigenvalue weighted by Crippen LogP contribution is -1.88. The van der Waals surface area contributed by atoms with Crippen LogP contribution in [0.1, 0.15) is 0 Å². The normalized spacial score (nSPS) is 12.4. The first-order chi connectivity index (χ1) is 31.7. The second-order valence-corrected chi connectivity index (χ2v) is 16.6. The highest BCUT2D eigenvalue weighted by molar-refractivity contribution is 6.27. The van der Waals surface area contributed by atoms with Crippen molar-refractivity contribution in [2.24, 2.45) is 0 Å². The number of imidazole rings is 2. The summed E-state index contributed by atoms with van der Waals surface area (Å²) in [5.74, 6) is 0. The van der Waals surface area contributed by atoms with E-state index in [4.69, 9.17) is 28.8 Å². The minimum Gasteiger partial charge on any atom is -0.436 e. The van der Waals surface area contributed by atoms with Crippen molar-refractivity contribution in [3.63, 3.8) is 0 Å². The molecule has 8 bridgehead atoms. The Kier molecular flexibility index (Phi) is 6.53. The van der Waals surface area contributed by atoms with Crippen LogP contribution in [0.2, 0.25) is 0 Å². The molecule has 0 radical (unpaired) electrons. The van der Waals surface area contributed by atoms with Crippen LogP contribution < -0.4 is 0 Å². The van der Waals surface area contributed by atoms with Crippen LogP contribution in [-0.4, -0.2) is 28.7 Å². The first-order valence-corrected chi connectivity index (χ1v) is 21.4. The fourth-order valence-corrected chi connectivity index (χ4v) is 10.5. The average molecular weight is 819 g/mol. The second-order valence-electron chi connectivity index (χ2n) is 16.6. The van der Waals surface area contributed by atoms with Crippen molar-refractivity contribution in [2.45, 2.75) is 0 Å². The van der Waals surface area contributed by atoms with Crippen LogP contribution in [-0.2, 0) is 0 Å². The van der Waals surface area contributed by atoms with E-state index >= 15 is 0 Å². The molecule has 64 heavy (non-hydrogen) atoms. The Balaban J connectivity index is 1.22. The summed E-state index contributed by atoms with van der Waals surface area (Å²) >= 11 is 0. The minimum absolute atomic E-state index is 0.502. The lowest BCUT2D eigenvalue weighted by molar-refractivity contribution is 0.663. The summed E-state index contributed by atoms with van der Waals surface area (Å²) in [6.07, 6.45) is 3.81. The van der Waals surface area contributed by atoms with Gasteiger partial charge in [-0.3, -0.25) is 8.80 Å². The van der Waals surface area contributed by atoms with Gasteiger partial charge in [-0.1, -0.05) is 121 Å². The van der Waals surface area contributed by atoms with Crippen LogP contribution in [0.15, 0.2) is 191 Å². The molecule has 17 rings (SSSR count). The number of hydrogen-bond donors (Lipinski definition) is 0. The van der Waals surface area contributed by atoms with Gasteiger partial charge in [-0.25, -0.2) is 19.9 Å². The van der Waals surface area contributed by atoms with E-state index in [1.54, 1.807) is 0 Å². The highest BCUT2D eigenvalue weighted by atomic mass is 16.3. The molecule has 0 aliphatic heterocycles. The second kappa shape index (κ2) is 12.4. The van der Waals surface area contributed by atoms with Crippen molar-refractivity contribution in [1.82, 2.24) is 28.7 Å². The maximum absolute atomic E-state index is 6.72. The predicted molar refractivity (Wildman–Crippen MR) is 261 cm³/mol. The van der Waals surface area contributed by atoms with Gasteiger partial charge in [0.05, 0.1) is 22.1 Å². The molecule has 0 aliphatic rings. The Hall–Kier alpha value is -8.88. The van der Waals surface area contributed by atoms with E-state index < -0.39 is 0 Å². The number of nitrogens with zero attached hydrogens (tertiary/aromatic N) is 6. The molecule has 7 heterocycles. The molecular formula is C56H30N6O2. The van der Waals surface area contributed by atoms with E-state index in [1.807, 2.05) is 49.1 Å². The summed E-state index contributed by atoms with van der Waals surface area (Å²) in [5, 5.41) is 15.1. The van der Waals surface area contributed by atoms with E-state index in [2.05, 4.69) is 142 Å². The van der Waals surface area contributed by atoms with Gasteiger partial charge in [0.15, 0.2) is 11.2 Å². The molecule has 8 heteroatoms. The smallest absolute Gasteiger partial charge is 0.228 e. The Morgan fingerprint density at radius 3 is 1.19 bits per heavy atom. The Labute approximate surface area is 360 Å². The fourth-order valence-electron chi connectivity index (χ4n) is 10.5. The Morgan fingerprint density at radius 1 is 0.328 bits per heavy atom. The monoisotopic (exact) mass is 818 g/mol.